The van der Waals surface area contributed by atoms with Crippen LogP contribution in [0.1, 0.15) is 11.1 Å². The van der Waals surface area contributed by atoms with Crippen LogP contribution in [0.5, 0.6) is 5.75 Å². The van der Waals surface area contributed by atoms with Crippen LogP contribution >= 0.6 is 0 Å². The first-order valence-electron chi connectivity index (χ1n) is 6.88. The third-order valence-corrected chi connectivity index (χ3v) is 3.49. The van der Waals surface area contributed by atoms with Crippen LogP contribution in [0.15, 0.2) is 60.9 Å². The van der Waals surface area contributed by atoms with E-state index in [-0.39, 0.29) is 11.6 Å². The van der Waals surface area contributed by atoms with Gasteiger partial charge in [-0.2, -0.15) is 0 Å². The summed E-state index contributed by atoms with van der Waals surface area (Å²) < 4.78 is 1.99. The number of phenols is 1. The molecule has 1 heterocycles. The Morgan fingerprint density at radius 1 is 1.14 bits per heavy atom. The average Bonchev–Trinajstić information content (AvgIpc) is 2.96. The summed E-state index contributed by atoms with van der Waals surface area (Å²) in [5.41, 5.74) is 8.25. The number of benzene rings is 2. The van der Waals surface area contributed by atoms with Crippen LogP contribution in [-0.4, -0.2) is 20.5 Å². The second kappa shape index (κ2) is 5.73. The second-order valence-electron chi connectivity index (χ2n) is 5.00. The van der Waals surface area contributed by atoms with Crippen LogP contribution in [0, 0.1) is 5.41 Å². The lowest BCUT2D eigenvalue weighted by Crippen LogP contribution is -2.15. The first-order valence-corrected chi connectivity index (χ1v) is 6.88. The number of aromatic hydroxyl groups is 1. The summed E-state index contributed by atoms with van der Waals surface area (Å²) in [6.07, 6.45) is 3.62. The number of hydrogen-bond donors (Lipinski definition) is 3. The van der Waals surface area contributed by atoms with Gasteiger partial charge in [-0.3, -0.25) is 5.41 Å². The molecule has 5 heteroatoms. The number of aromatic nitrogens is 2. The number of hydrogen-bond acceptors (Lipinski definition) is 3. The molecule has 0 spiro atoms. The van der Waals surface area contributed by atoms with E-state index in [0.29, 0.717) is 6.54 Å². The summed E-state index contributed by atoms with van der Waals surface area (Å²) in [5, 5.41) is 17.1. The second-order valence-corrected chi connectivity index (χ2v) is 5.00. The molecule has 0 atom stereocenters. The van der Waals surface area contributed by atoms with Gasteiger partial charge in [-0.1, -0.05) is 24.3 Å². The largest absolute Gasteiger partial charge is 0.508 e. The standard InChI is InChI=1S/C17H16N4O/c18-16(19)15-4-2-1-3-13(15)11-21-10-9-20-17(21)12-5-7-14(22)8-6-12/h1-10,22H,11H2,(H3,18,19). The molecular formula is C17H16N4O. The molecule has 0 aliphatic rings. The Bertz CT molecular complexity index is 806. The van der Waals surface area contributed by atoms with E-state index >= 15 is 0 Å². The number of nitrogen functional groups attached to an aromatic ring is 1. The highest BCUT2D eigenvalue weighted by Crippen LogP contribution is 2.22. The molecule has 0 fully saturated rings. The first-order chi connectivity index (χ1) is 10.6. The van der Waals surface area contributed by atoms with Gasteiger partial charge < -0.3 is 15.4 Å². The van der Waals surface area contributed by atoms with Crippen LogP contribution in [0.25, 0.3) is 11.4 Å². The van der Waals surface area contributed by atoms with Gasteiger partial charge in [-0.05, 0) is 29.8 Å². The summed E-state index contributed by atoms with van der Waals surface area (Å²) in [5.74, 6) is 1.09. The lowest BCUT2D eigenvalue weighted by molar-refractivity contribution is 0.475. The molecule has 3 rings (SSSR count). The summed E-state index contributed by atoms with van der Waals surface area (Å²) in [6, 6.07) is 14.5. The molecule has 0 saturated heterocycles. The van der Waals surface area contributed by atoms with Crippen LogP contribution in [-0.2, 0) is 6.54 Å². The van der Waals surface area contributed by atoms with Gasteiger partial charge in [-0.15, -0.1) is 0 Å². The Labute approximate surface area is 128 Å². The average molecular weight is 292 g/mol. The molecule has 2 aromatic carbocycles. The number of nitrogens with zero attached hydrogens (tertiary/aromatic N) is 2. The molecule has 0 aliphatic heterocycles. The highest BCUT2D eigenvalue weighted by atomic mass is 16.3. The fourth-order valence-corrected chi connectivity index (χ4v) is 2.41. The Hall–Kier alpha value is -3.08. The molecule has 22 heavy (non-hydrogen) atoms. The zero-order chi connectivity index (χ0) is 15.5. The molecule has 5 nitrogen and oxygen atoms in total. The smallest absolute Gasteiger partial charge is 0.140 e. The predicted molar refractivity (Wildman–Crippen MR) is 85.9 cm³/mol. The highest BCUT2D eigenvalue weighted by molar-refractivity contribution is 5.96. The van der Waals surface area contributed by atoms with E-state index in [1.165, 1.54) is 0 Å². The zero-order valence-corrected chi connectivity index (χ0v) is 11.9. The number of nitrogens with one attached hydrogen (secondary N) is 1. The number of amidine groups is 1. The van der Waals surface area contributed by atoms with Gasteiger partial charge in [0.2, 0.25) is 0 Å². The number of imidazole rings is 1. The minimum absolute atomic E-state index is 0.0573. The summed E-state index contributed by atoms with van der Waals surface area (Å²) in [4.78, 5) is 4.38. The molecule has 0 bridgehead atoms. The van der Waals surface area contributed by atoms with E-state index in [9.17, 15) is 5.11 Å². The van der Waals surface area contributed by atoms with E-state index < -0.39 is 0 Å². The van der Waals surface area contributed by atoms with Gasteiger partial charge in [0.15, 0.2) is 0 Å². The lowest BCUT2D eigenvalue weighted by Gasteiger charge is -2.11. The van der Waals surface area contributed by atoms with Crippen molar-refractivity contribution in [2.75, 3.05) is 0 Å². The maximum atomic E-state index is 9.39. The topological polar surface area (TPSA) is 87.9 Å². The molecular weight excluding hydrogens is 276 g/mol. The van der Waals surface area contributed by atoms with E-state index in [4.69, 9.17) is 11.1 Å². The van der Waals surface area contributed by atoms with Crippen molar-refractivity contribution in [1.29, 1.82) is 5.41 Å². The van der Waals surface area contributed by atoms with E-state index in [1.54, 1.807) is 18.3 Å². The van der Waals surface area contributed by atoms with Crippen molar-refractivity contribution in [2.24, 2.45) is 5.73 Å². The van der Waals surface area contributed by atoms with E-state index in [1.807, 2.05) is 47.2 Å². The van der Waals surface area contributed by atoms with Crippen molar-refractivity contribution in [3.63, 3.8) is 0 Å². The molecule has 1 aromatic heterocycles. The molecule has 0 aliphatic carbocycles. The van der Waals surface area contributed by atoms with Crippen LogP contribution in [0.3, 0.4) is 0 Å². The van der Waals surface area contributed by atoms with E-state index in [2.05, 4.69) is 4.98 Å². The zero-order valence-electron chi connectivity index (χ0n) is 11.9. The molecule has 0 saturated carbocycles. The third kappa shape index (κ3) is 2.69. The maximum Gasteiger partial charge on any atom is 0.140 e. The fourth-order valence-electron chi connectivity index (χ4n) is 2.41. The maximum absolute atomic E-state index is 9.39. The SMILES string of the molecule is N=C(N)c1ccccc1Cn1ccnc1-c1ccc(O)cc1. The molecule has 0 amide bonds. The van der Waals surface area contributed by atoms with Crippen molar-refractivity contribution in [2.45, 2.75) is 6.54 Å². The van der Waals surface area contributed by atoms with Gasteiger partial charge in [0.25, 0.3) is 0 Å². The Balaban J connectivity index is 1.97. The summed E-state index contributed by atoms with van der Waals surface area (Å²) >= 11 is 0. The van der Waals surface area contributed by atoms with Crippen molar-refractivity contribution < 1.29 is 5.11 Å². The number of phenolic OH excluding ortho intramolecular Hbond substituents is 1. The Morgan fingerprint density at radius 2 is 1.86 bits per heavy atom. The van der Waals surface area contributed by atoms with Gasteiger partial charge in [0.05, 0.1) is 0 Å². The van der Waals surface area contributed by atoms with Crippen molar-refractivity contribution in [1.82, 2.24) is 9.55 Å². The molecule has 110 valence electrons. The monoisotopic (exact) mass is 292 g/mol. The minimum Gasteiger partial charge on any atom is -0.508 e. The van der Waals surface area contributed by atoms with Gasteiger partial charge >= 0.3 is 0 Å². The number of nitrogens with two attached hydrogens (primary N) is 1. The van der Waals surface area contributed by atoms with Gasteiger partial charge in [0.1, 0.15) is 17.4 Å². The normalized spacial score (nSPS) is 10.5. The first kappa shape index (κ1) is 13.9. The van der Waals surface area contributed by atoms with E-state index in [0.717, 1.165) is 22.5 Å². The molecule has 0 unspecified atom stereocenters. The van der Waals surface area contributed by atoms with Gasteiger partial charge in [0, 0.05) is 30.1 Å². The van der Waals surface area contributed by atoms with Crippen LogP contribution < -0.4 is 5.73 Å². The summed E-state index contributed by atoms with van der Waals surface area (Å²) in [6.45, 7) is 0.575. The fraction of sp³-hybridized carbons (Fsp3) is 0.0588. The van der Waals surface area contributed by atoms with Crippen molar-refractivity contribution in [3.05, 3.63) is 72.1 Å². The molecule has 4 N–H and O–H groups in total. The van der Waals surface area contributed by atoms with Crippen molar-refractivity contribution >= 4 is 5.84 Å². The number of rotatable bonds is 4. The Morgan fingerprint density at radius 3 is 2.59 bits per heavy atom. The summed E-state index contributed by atoms with van der Waals surface area (Å²) in [7, 11) is 0. The molecule has 0 radical (unpaired) electrons. The predicted octanol–water partition coefficient (Wildman–Crippen LogP) is 2.59. The molecule has 3 aromatic rings. The van der Waals surface area contributed by atoms with Gasteiger partial charge in [-0.25, -0.2) is 4.98 Å². The van der Waals surface area contributed by atoms with Crippen LogP contribution in [0.2, 0.25) is 0 Å². The quantitative estimate of drug-likeness (QED) is 0.510. The van der Waals surface area contributed by atoms with Crippen molar-refractivity contribution in [3.8, 4) is 17.1 Å². The third-order valence-electron chi connectivity index (χ3n) is 3.49. The Kier molecular flexibility index (Phi) is 3.62. The van der Waals surface area contributed by atoms with Crippen LogP contribution in [0.4, 0.5) is 0 Å². The lowest BCUT2D eigenvalue weighted by atomic mass is 10.1. The minimum atomic E-state index is 0.0573. The highest BCUT2D eigenvalue weighted by Gasteiger charge is 2.10.